The van der Waals surface area contributed by atoms with E-state index < -0.39 is 0 Å². The van der Waals surface area contributed by atoms with Gasteiger partial charge in [0.15, 0.2) is 0 Å². The molecular formula is C20H17BrFN3O2. The average molecular weight is 430 g/mol. The largest absolute Gasteiger partial charge is 0.493 e. The Balaban J connectivity index is 2.08. The zero-order chi connectivity index (χ0) is 19.4. The van der Waals surface area contributed by atoms with Crippen molar-refractivity contribution >= 4 is 38.6 Å². The Bertz CT molecular complexity index is 1050. The van der Waals surface area contributed by atoms with Crippen molar-refractivity contribution in [3.8, 4) is 17.6 Å². The van der Waals surface area contributed by atoms with Crippen molar-refractivity contribution < 1.29 is 13.9 Å². The van der Waals surface area contributed by atoms with Gasteiger partial charge in [-0.2, -0.15) is 5.26 Å². The highest BCUT2D eigenvalue weighted by Crippen LogP contribution is 2.35. The van der Waals surface area contributed by atoms with E-state index in [2.05, 4.69) is 32.0 Å². The molecule has 0 spiro atoms. The molecule has 1 N–H and O–H groups in total. The van der Waals surface area contributed by atoms with E-state index in [-0.39, 0.29) is 5.82 Å². The Kier molecular flexibility index (Phi) is 5.77. The van der Waals surface area contributed by atoms with Gasteiger partial charge in [-0.15, -0.1) is 0 Å². The summed E-state index contributed by atoms with van der Waals surface area (Å²) in [6.45, 7) is 4.78. The third-order valence-electron chi connectivity index (χ3n) is 3.78. The van der Waals surface area contributed by atoms with Crippen molar-refractivity contribution in [2.45, 2.75) is 13.8 Å². The normalized spacial score (nSPS) is 11.4. The zero-order valence-corrected chi connectivity index (χ0v) is 16.4. The predicted molar refractivity (Wildman–Crippen MR) is 106 cm³/mol. The van der Waals surface area contributed by atoms with Crippen LogP contribution in [-0.2, 0) is 0 Å². The lowest BCUT2D eigenvalue weighted by Gasteiger charge is -2.12. The molecule has 0 radical (unpaired) electrons. The molecule has 0 aliphatic heterocycles. The maximum absolute atomic E-state index is 13.4. The van der Waals surface area contributed by atoms with Crippen molar-refractivity contribution in [2.24, 2.45) is 0 Å². The van der Waals surface area contributed by atoms with E-state index in [0.717, 1.165) is 4.47 Å². The van der Waals surface area contributed by atoms with Gasteiger partial charge in [0.1, 0.15) is 29.2 Å². The van der Waals surface area contributed by atoms with E-state index in [4.69, 9.17) is 9.47 Å². The zero-order valence-electron chi connectivity index (χ0n) is 14.8. The van der Waals surface area contributed by atoms with Crippen molar-refractivity contribution in [3.05, 3.63) is 52.0 Å². The maximum atomic E-state index is 13.4. The van der Waals surface area contributed by atoms with E-state index in [0.29, 0.717) is 52.7 Å². The van der Waals surface area contributed by atoms with Gasteiger partial charge < -0.3 is 14.5 Å². The highest BCUT2D eigenvalue weighted by Gasteiger charge is 2.13. The summed E-state index contributed by atoms with van der Waals surface area (Å²) >= 11 is 3.48. The molecule has 0 unspecified atom stereocenters. The summed E-state index contributed by atoms with van der Waals surface area (Å²) in [5.41, 5.74) is 2.13. The van der Waals surface area contributed by atoms with E-state index in [9.17, 15) is 9.65 Å². The second-order valence-electron chi connectivity index (χ2n) is 5.60. The van der Waals surface area contributed by atoms with Gasteiger partial charge in [-0.25, -0.2) is 9.37 Å². The lowest BCUT2D eigenvalue weighted by molar-refractivity contribution is 0.321. The predicted octanol–water partition coefficient (Wildman–Crippen LogP) is 5.33. The van der Waals surface area contributed by atoms with E-state index in [1.165, 1.54) is 12.1 Å². The van der Waals surface area contributed by atoms with Crippen molar-refractivity contribution in [1.82, 2.24) is 9.97 Å². The van der Waals surface area contributed by atoms with Gasteiger partial charge in [0.05, 0.1) is 34.3 Å². The minimum Gasteiger partial charge on any atom is -0.493 e. The molecule has 5 nitrogen and oxygen atoms in total. The van der Waals surface area contributed by atoms with Crippen LogP contribution < -0.4 is 9.47 Å². The summed E-state index contributed by atoms with van der Waals surface area (Å²) in [5, 5.41) is 9.62. The fourth-order valence-electron chi connectivity index (χ4n) is 2.63. The molecule has 0 saturated heterocycles. The molecule has 27 heavy (non-hydrogen) atoms. The first-order chi connectivity index (χ1) is 13.0. The second kappa shape index (κ2) is 8.23. The van der Waals surface area contributed by atoms with Crippen LogP contribution in [0.1, 0.15) is 25.2 Å². The van der Waals surface area contributed by atoms with Crippen LogP contribution in [-0.4, -0.2) is 23.2 Å². The van der Waals surface area contributed by atoms with Crippen LogP contribution in [0.5, 0.6) is 11.5 Å². The van der Waals surface area contributed by atoms with E-state index >= 15 is 0 Å². The van der Waals surface area contributed by atoms with Crippen molar-refractivity contribution in [3.63, 3.8) is 0 Å². The molecule has 0 aliphatic rings. The number of nitriles is 1. The molecule has 7 heteroatoms. The minimum absolute atomic E-state index is 0.309. The van der Waals surface area contributed by atoms with Crippen LogP contribution in [0.25, 0.3) is 22.7 Å². The summed E-state index contributed by atoms with van der Waals surface area (Å²) in [5.74, 6) is 1.26. The summed E-state index contributed by atoms with van der Waals surface area (Å²) in [4.78, 5) is 7.36. The lowest BCUT2D eigenvalue weighted by Crippen LogP contribution is -1.98. The van der Waals surface area contributed by atoms with E-state index in [1.807, 2.05) is 19.9 Å². The smallest absolute Gasteiger partial charge is 0.149 e. The van der Waals surface area contributed by atoms with Crippen LogP contribution >= 0.6 is 15.9 Å². The molecule has 3 aromatic rings. The monoisotopic (exact) mass is 429 g/mol. The first kappa shape index (κ1) is 18.9. The van der Waals surface area contributed by atoms with Crippen molar-refractivity contribution in [2.75, 3.05) is 13.2 Å². The standard InChI is InChI=1S/C20H17BrFN3O2/c1-3-26-18-10-19(27-4-2)15(21)8-12(18)7-13(11-23)20-24-16-6-5-14(22)9-17(16)25-20/h5-10H,3-4H2,1-2H3,(H,24,25)/b13-7-. The molecule has 0 atom stereocenters. The Morgan fingerprint density at radius 3 is 2.67 bits per heavy atom. The first-order valence-electron chi connectivity index (χ1n) is 8.42. The quantitative estimate of drug-likeness (QED) is 0.537. The number of benzene rings is 2. The number of aromatic amines is 1. The average Bonchev–Trinajstić information content (AvgIpc) is 3.06. The Labute approximate surface area is 164 Å². The number of ether oxygens (including phenoxy) is 2. The van der Waals surface area contributed by atoms with Gasteiger partial charge >= 0.3 is 0 Å². The number of aromatic nitrogens is 2. The molecule has 138 valence electrons. The highest BCUT2D eigenvalue weighted by molar-refractivity contribution is 9.10. The molecule has 0 amide bonds. The molecule has 3 rings (SSSR count). The molecule has 0 bridgehead atoms. The Morgan fingerprint density at radius 1 is 1.22 bits per heavy atom. The summed E-state index contributed by atoms with van der Waals surface area (Å²) in [6, 6.07) is 10.0. The molecule has 0 saturated carbocycles. The highest BCUT2D eigenvalue weighted by atomic mass is 79.9. The number of rotatable bonds is 6. The van der Waals surface area contributed by atoms with Gasteiger partial charge in [0.2, 0.25) is 0 Å². The van der Waals surface area contributed by atoms with Crippen LogP contribution in [0.3, 0.4) is 0 Å². The summed E-state index contributed by atoms with van der Waals surface area (Å²) in [7, 11) is 0. The molecule has 2 aromatic carbocycles. The first-order valence-corrected chi connectivity index (χ1v) is 9.21. The van der Waals surface area contributed by atoms with Gasteiger partial charge in [0, 0.05) is 11.6 Å². The number of fused-ring (bicyclic) bond motifs is 1. The molecular weight excluding hydrogens is 413 g/mol. The number of allylic oxidation sites excluding steroid dienone is 1. The van der Waals surface area contributed by atoms with Crippen LogP contribution in [0.4, 0.5) is 4.39 Å². The number of nitrogens with zero attached hydrogens (tertiary/aromatic N) is 2. The number of halogens is 2. The topological polar surface area (TPSA) is 70.9 Å². The van der Waals surface area contributed by atoms with Crippen LogP contribution in [0.2, 0.25) is 0 Å². The maximum Gasteiger partial charge on any atom is 0.149 e. The van der Waals surface area contributed by atoms with E-state index in [1.54, 1.807) is 18.2 Å². The fourth-order valence-corrected chi connectivity index (χ4v) is 3.10. The Hall–Kier alpha value is -2.85. The number of imidazole rings is 1. The third-order valence-corrected chi connectivity index (χ3v) is 4.40. The summed E-state index contributed by atoms with van der Waals surface area (Å²) < 4.78 is 25.4. The lowest BCUT2D eigenvalue weighted by atomic mass is 10.1. The number of hydrogen-bond acceptors (Lipinski definition) is 4. The van der Waals surface area contributed by atoms with Gasteiger partial charge in [-0.1, -0.05) is 0 Å². The Morgan fingerprint density at radius 2 is 1.96 bits per heavy atom. The van der Waals surface area contributed by atoms with Crippen LogP contribution in [0, 0.1) is 17.1 Å². The molecule has 1 aromatic heterocycles. The number of nitrogens with one attached hydrogen (secondary N) is 1. The fraction of sp³-hybridized carbons (Fsp3) is 0.200. The van der Waals surface area contributed by atoms with Gasteiger partial charge in [-0.05, 0) is 60.1 Å². The second-order valence-corrected chi connectivity index (χ2v) is 6.46. The van der Waals surface area contributed by atoms with Crippen LogP contribution in [0.15, 0.2) is 34.8 Å². The number of H-pyrrole nitrogens is 1. The van der Waals surface area contributed by atoms with Crippen molar-refractivity contribution in [1.29, 1.82) is 5.26 Å². The molecule has 0 aliphatic carbocycles. The summed E-state index contributed by atoms with van der Waals surface area (Å²) in [6.07, 6.45) is 1.68. The third kappa shape index (κ3) is 4.12. The van der Waals surface area contributed by atoms with Gasteiger partial charge in [0.25, 0.3) is 0 Å². The molecule has 1 heterocycles. The van der Waals surface area contributed by atoms with Gasteiger partial charge in [-0.3, -0.25) is 0 Å². The number of hydrogen-bond donors (Lipinski definition) is 1. The minimum atomic E-state index is -0.366. The SMILES string of the molecule is CCOc1cc(OCC)c(/C=C(/C#N)c2nc3ccc(F)cc3[nH]2)cc1Br. The molecule has 0 fully saturated rings.